The highest BCUT2D eigenvalue weighted by atomic mass is 16.5. The Bertz CT molecular complexity index is 448. The summed E-state index contributed by atoms with van der Waals surface area (Å²) in [6.07, 6.45) is 2.78. The molecule has 4 N–H and O–H groups in total. The maximum absolute atomic E-state index is 11.7. The quantitative estimate of drug-likeness (QED) is 0.707. The zero-order valence-electron chi connectivity index (χ0n) is 11.2. The number of benzene rings is 1. The predicted molar refractivity (Wildman–Crippen MR) is 76.3 cm³/mol. The molecule has 1 aromatic carbocycles. The smallest absolute Gasteiger partial charge is 0.242 e. The molecular formula is C14H21N3O2. The van der Waals surface area contributed by atoms with Gasteiger partial charge in [0.25, 0.3) is 0 Å². The van der Waals surface area contributed by atoms with Gasteiger partial charge in [-0.25, -0.2) is 0 Å². The summed E-state index contributed by atoms with van der Waals surface area (Å²) in [4.78, 5) is 11.7. The lowest BCUT2D eigenvalue weighted by Crippen LogP contribution is -2.44. The standard InChI is InChI=1S/C14H21N3O2/c1-2-8-19-13-9-10(5-6-11(13)15)17-12-4-3-7-16-14(12)18/h5-6,9,12,17H,2-4,7-8,15H2,1H3,(H,16,18). The Hall–Kier alpha value is -1.91. The van der Waals surface area contributed by atoms with Crippen LogP contribution in [0.15, 0.2) is 18.2 Å². The first-order valence-electron chi connectivity index (χ1n) is 6.77. The van der Waals surface area contributed by atoms with Gasteiger partial charge in [-0.2, -0.15) is 0 Å². The van der Waals surface area contributed by atoms with Gasteiger partial charge in [0.2, 0.25) is 5.91 Å². The molecule has 1 aliphatic rings. The van der Waals surface area contributed by atoms with Crippen LogP contribution in [0.2, 0.25) is 0 Å². The third-order valence-electron chi connectivity index (χ3n) is 3.10. The summed E-state index contributed by atoms with van der Waals surface area (Å²) in [6.45, 7) is 3.45. The van der Waals surface area contributed by atoms with Crippen molar-refractivity contribution in [2.75, 3.05) is 24.2 Å². The normalized spacial score (nSPS) is 18.8. The summed E-state index contributed by atoms with van der Waals surface area (Å²) in [5.74, 6) is 0.724. The van der Waals surface area contributed by atoms with E-state index >= 15 is 0 Å². The highest BCUT2D eigenvalue weighted by Crippen LogP contribution is 2.26. The second-order valence-electron chi connectivity index (χ2n) is 4.73. The zero-order chi connectivity index (χ0) is 13.7. The topological polar surface area (TPSA) is 76.4 Å². The van der Waals surface area contributed by atoms with E-state index in [0.29, 0.717) is 18.0 Å². The van der Waals surface area contributed by atoms with Crippen LogP contribution in [-0.2, 0) is 4.79 Å². The van der Waals surface area contributed by atoms with Gasteiger partial charge in [-0.1, -0.05) is 6.92 Å². The number of nitrogens with one attached hydrogen (secondary N) is 2. The number of nitrogens with two attached hydrogens (primary N) is 1. The Morgan fingerprint density at radius 1 is 1.53 bits per heavy atom. The van der Waals surface area contributed by atoms with Crippen molar-refractivity contribution >= 4 is 17.3 Å². The Labute approximate surface area is 113 Å². The molecule has 19 heavy (non-hydrogen) atoms. The molecule has 2 rings (SSSR count). The van der Waals surface area contributed by atoms with Crippen LogP contribution in [0.3, 0.4) is 0 Å². The van der Waals surface area contributed by atoms with Crippen molar-refractivity contribution in [2.24, 2.45) is 0 Å². The lowest BCUT2D eigenvalue weighted by molar-refractivity contribution is -0.123. The monoisotopic (exact) mass is 263 g/mol. The number of ether oxygens (including phenoxy) is 1. The fraction of sp³-hybridized carbons (Fsp3) is 0.500. The van der Waals surface area contributed by atoms with Gasteiger partial charge in [-0.15, -0.1) is 0 Å². The molecule has 0 saturated carbocycles. The van der Waals surface area contributed by atoms with Crippen molar-refractivity contribution in [3.8, 4) is 5.75 Å². The lowest BCUT2D eigenvalue weighted by Gasteiger charge is -2.24. The number of amides is 1. The van der Waals surface area contributed by atoms with E-state index in [1.54, 1.807) is 6.07 Å². The van der Waals surface area contributed by atoms with Crippen LogP contribution < -0.4 is 21.1 Å². The average molecular weight is 263 g/mol. The van der Waals surface area contributed by atoms with E-state index in [-0.39, 0.29) is 11.9 Å². The summed E-state index contributed by atoms with van der Waals surface area (Å²) in [7, 11) is 0. The third kappa shape index (κ3) is 3.53. The largest absolute Gasteiger partial charge is 0.491 e. The molecule has 1 aromatic rings. The Kier molecular flexibility index (Phi) is 4.49. The molecular weight excluding hydrogens is 242 g/mol. The van der Waals surface area contributed by atoms with Gasteiger partial charge in [0.15, 0.2) is 0 Å². The van der Waals surface area contributed by atoms with Gasteiger partial charge < -0.3 is 21.1 Å². The number of carbonyl (C=O) groups excluding carboxylic acids is 1. The second-order valence-corrected chi connectivity index (χ2v) is 4.73. The van der Waals surface area contributed by atoms with Gasteiger partial charge in [0, 0.05) is 18.3 Å². The SMILES string of the molecule is CCCOc1cc(NC2CCCNC2=O)ccc1N. The van der Waals surface area contributed by atoms with Crippen LogP contribution >= 0.6 is 0 Å². The van der Waals surface area contributed by atoms with Crippen LogP contribution in [0, 0.1) is 0 Å². The molecule has 5 nitrogen and oxygen atoms in total. The minimum absolute atomic E-state index is 0.0547. The van der Waals surface area contributed by atoms with E-state index in [0.717, 1.165) is 31.5 Å². The van der Waals surface area contributed by atoms with E-state index in [9.17, 15) is 4.79 Å². The van der Waals surface area contributed by atoms with Crippen LogP contribution in [0.25, 0.3) is 0 Å². The average Bonchev–Trinajstić information content (AvgIpc) is 2.42. The molecule has 1 aliphatic heterocycles. The number of piperidine rings is 1. The molecule has 0 radical (unpaired) electrons. The number of hydrogen-bond donors (Lipinski definition) is 3. The minimum atomic E-state index is -0.170. The van der Waals surface area contributed by atoms with E-state index in [1.165, 1.54) is 0 Å². The van der Waals surface area contributed by atoms with Crippen molar-refractivity contribution in [3.63, 3.8) is 0 Å². The van der Waals surface area contributed by atoms with E-state index < -0.39 is 0 Å². The fourth-order valence-electron chi connectivity index (χ4n) is 2.07. The minimum Gasteiger partial charge on any atom is -0.491 e. The van der Waals surface area contributed by atoms with E-state index in [4.69, 9.17) is 10.5 Å². The Morgan fingerprint density at radius 2 is 2.37 bits per heavy atom. The molecule has 0 aromatic heterocycles. The van der Waals surface area contributed by atoms with Crippen molar-refractivity contribution in [2.45, 2.75) is 32.2 Å². The highest BCUT2D eigenvalue weighted by Gasteiger charge is 2.21. The van der Waals surface area contributed by atoms with Crippen LogP contribution in [0.4, 0.5) is 11.4 Å². The summed E-state index contributed by atoms with van der Waals surface area (Å²) in [5, 5.41) is 6.08. The van der Waals surface area contributed by atoms with Gasteiger partial charge in [-0.3, -0.25) is 4.79 Å². The lowest BCUT2D eigenvalue weighted by atomic mass is 10.1. The molecule has 0 spiro atoms. The first kappa shape index (κ1) is 13.5. The first-order chi connectivity index (χ1) is 9.20. The highest BCUT2D eigenvalue weighted by molar-refractivity contribution is 5.85. The van der Waals surface area contributed by atoms with Crippen molar-refractivity contribution in [1.29, 1.82) is 0 Å². The van der Waals surface area contributed by atoms with Crippen LogP contribution in [0.1, 0.15) is 26.2 Å². The first-order valence-corrected chi connectivity index (χ1v) is 6.77. The Balaban J connectivity index is 2.05. The number of hydrogen-bond acceptors (Lipinski definition) is 4. The second kappa shape index (κ2) is 6.31. The number of nitrogen functional groups attached to an aromatic ring is 1. The summed E-state index contributed by atoms with van der Waals surface area (Å²) >= 11 is 0. The zero-order valence-corrected chi connectivity index (χ0v) is 11.2. The number of carbonyl (C=O) groups is 1. The van der Waals surface area contributed by atoms with Gasteiger partial charge in [-0.05, 0) is 31.4 Å². The van der Waals surface area contributed by atoms with Gasteiger partial charge in [0.05, 0.1) is 12.3 Å². The molecule has 1 saturated heterocycles. The van der Waals surface area contributed by atoms with Crippen LogP contribution in [0.5, 0.6) is 5.75 Å². The third-order valence-corrected chi connectivity index (χ3v) is 3.10. The van der Waals surface area contributed by atoms with E-state index in [1.807, 2.05) is 19.1 Å². The molecule has 1 atom stereocenters. The van der Waals surface area contributed by atoms with Crippen molar-refractivity contribution < 1.29 is 9.53 Å². The number of anilines is 2. The van der Waals surface area contributed by atoms with E-state index in [2.05, 4.69) is 10.6 Å². The molecule has 1 heterocycles. The van der Waals surface area contributed by atoms with Crippen molar-refractivity contribution in [1.82, 2.24) is 5.32 Å². The van der Waals surface area contributed by atoms with Crippen LogP contribution in [-0.4, -0.2) is 25.1 Å². The van der Waals surface area contributed by atoms with Crippen molar-refractivity contribution in [3.05, 3.63) is 18.2 Å². The summed E-state index contributed by atoms with van der Waals surface area (Å²) in [6, 6.07) is 5.35. The number of rotatable bonds is 5. The summed E-state index contributed by atoms with van der Waals surface area (Å²) in [5.41, 5.74) is 7.34. The van der Waals surface area contributed by atoms with Gasteiger partial charge >= 0.3 is 0 Å². The molecule has 0 bridgehead atoms. The Morgan fingerprint density at radius 3 is 3.11 bits per heavy atom. The fourth-order valence-corrected chi connectivity index (χ4v) is 2.07. The molecule has 104 valence electrons. The molecule has 5 heteroatoms. The molecule has 0 aliphatic carbocycles. The molecule has 1 fully saturated rings. The molecule has 1 unspecified atom stereocenters. The molecule has 1 amide bonds. The predicted octanol–water partition coefficient (Wildman–Crippen LogP) is 1.75. The van der Waals surface area contributed by atoms with Gasteiger partial charge in [0.1, 0.15) is 11.8 Å². The summed E-state index contributed by atoms with van der Waals surface area (Å²) < 4.78 is 5.58. The maximum Gasteiger partial charge on any atom is 0.242 e. The maximum atomic E-state index is 11.7.